The van der Waals surface area contributed by atoms with Crippen LogP contribution < -0.4 is 5.32 Å². The van der Waals surface area contributed by atoms with Crippen molar-refractivity contribution in [1.82, 2.24) is 10.2 Å². The lowest BCUT2D eigenvalue weighted by Crippen LogP contribution is -2.47. The van der Waals surface area contributed by atoms with Gasteiger partial charge in [0.1, 0.15) is 6.54 Å². The lowest BCUT2D eigenvalue weighted by Gasteiger charge is -2.23. The summed E-state index contributed by atoms with van der Waals surface area (Å²) in [5.74, 6) is -0.0233. The molecule has 0 spiro atoms. The minimum Gasteiger partial charge on any atom is -0.480 e. The first kappa shape index (κ1) is 15.9. The molecule has 0 saturated heterocycles. The van der Waals surface area contributed by atoms with E-state index in [1.807, 2.05) is 6.92 Å². The molecule has 0 aromatic heterocycles. The Bertz CT molecular complexity index is 358. The standard InChI is InChI=1S/C12H22N2O4S/c1-9(5-6-19(2)18)13-12(17)14(8-11(15)16)7-10-3-4-10/h9-10H,3-8H2,1-2H3,(H,13,17)(H,15,16). The fourth-order valence-corrected chi connectivity index (χ4v) is 2.40. The van der Waals surface area contributed by atoms with Crippen LogP contribution in [0.3, 0.4) is 0 Å². The van der Waals surface area contributed by atoms with Crippen LogP contribution in [0.1, 0.15) is 26.2 Å². The zero-order chi connectivity index (χ0) is 14.4. The highest BCUT2D eigenvalue weighted by atomic mass is 32.2. The van der Waals surface area contributed by atoms with Crippen molar-refractivity contribution in [1.29, 1.82) is 0 Å². The highest BCUT2D eigenvalue weighted by molar-refractivity contribution is 7.84. The molecule has 19 heavy (non-hydrogen) atoms. The van der Waals surface area contributed by atoms with Gasteiger partial charge in [-0.15, -0.1) is 0 Å². The van der Waals surface area contributed by atoms with Gasteiger partial charge in [0.15, 0.2) is 0 Å². The van der Waals surface area contributed by atoms with Crippen LogP contribution in [0.4, 0.5) is 4.79 Å². The highest BCUT2D eigenvalue weighted by Gasteiger charge is 2.28. The van der Waals surface area contributed by atoms with Crippen molar-refractivity contribution < 1.29 is 18.9 Å². The molecule has 1 saturated carbocycles. The minimum atomic E-state index is -1.00. The number of carbonyl (C=O) groups is 2. The minimum absolute atomic E-state index is 0.105. The molecule has 0 aromatic rings. The lowest BCUT2D eigenvalue weighted by atomic mass is 10.2. The highest BCUT2D eigenvalue weighted by Crippen LogP contribution is 2.29. The number of carboxylic acids is 1. The van der Waals surface area contributed by atoms with Crippen LogP contribution in [0.2, 0.25) is 0 Å². The van der Waals surface area contributed by atoms with E-state index in [1.165, 1.54) is 4.90 Å². The van der Waals surface area contributed by atoms with Gasteiger partial charge in [-0.3, -0.25) is 9.00 Å². The summed E-state index contributed by atoms with van der Waals surface area (Å²) < 4.78 is 11.0. The Kier molecular flexibility index (Phi) is 6.27. The van der Waals surface area contributed by atoms with Gasteiger partial charge >= 0.3 is 12.0 Å². The van der Waals surface area contributed by atoms with Gasteiger partial charge in [-0.05, 0) is 32.1 Å². The van der Waals surface area contributed by atoms with E-state index in [2.05, 4.69) is 5.32 Å². The second-order valence-electron chi connectivity index (χ2n) is 5.13. The van der Waals surface area contributed by atoms with Crippen LogP contribution in [0.25, 0.3) is 0 Å². The maximum atomic E-state index is 12.0. The zero-order valence-corrected chi connectivity index (χ0v) is 12.2. The molecule has 2 amide bonds. The summed E-state index contributed by atoms with van der Waals surface area (Å²) in [4.78, 5) is 24.1. The summed E-state index contributed by atoms with van der Waals surface area (Å²) in [7, 11) is -0.879. The number of nitrogens with zero attached hydrogens (tertiary/aromatic N) is 1. The first-order valence-electron chi connectivity index (χ1n) is 6.45. The molecule has 0 bridgehead atoms. The quantitative estimate of drug-likeness (QED) is 0.687. The van der Waals surface area contributed by atoms with Crippen molar-refractivity contribution in [3.05, 3.63) is 0 Å². The van der Waals surface area contributed by atoms with Crippen LogP contribution >= 0.6 is 0 Å². The molecule has 0 heterocycles. The molecular formula is C12H22N2O4S. The summed E-state index contributed by atoms with van der Waals surface area (Å²) >= 11 is 0. The predicted molar refractivity (Wildman–Crippen MR) is 73.5 cm³/mol. The Morgan fingerprint density at radius 2 is 2.11 bits per heavy atom. The zero-order valence-electron chi connectivity index (χ0n) is 11.4. The molecule has 110 valence electrons. The van der Waals surface area contributed by atoms with Gasteiger partial charge in [0.2, 0.25) is 0 Å². The van der Waals surface area contributed by atoms with Crippen LogP contribution in [0, 0.1) is 5.92 Å². The average molecular weight is 290 g/mol. The Morgan fingerprint density at radius 3 is 2.58 bits per heavy atom. The number of carbonyl (C=O) groups excluding carboxylic acids is 1. The van der Waals surface area contributed by atoms with Crippen molar-refractivity contribution >= 4 is 22.8 Å². The van der Waals surface area contributed by atoms with Crippen LogP contribution in [-0.4, -0.2) is 57.4 Å². The number of carboxylic acid groups (broad SMARTS) is 1. The van der Waals surface area contributed by atoms with Crippen LogP contribution in [-0.2, 0) is 15.6 Å². The predicted octanol–water partition coefficient (Wildman–Crippen LogP) is 0.650. The van der Waals surface area contributed by atoms with E-state index in [1.54, 1.807) is 6.26 Å². The van der Waals surface area contributed by atoms with E-state index in [9.17, 15) is 13.8 Å². The van der Waals surface area contributed by atoms with E-state index < -0.39 is 16.8 Å². The molecule has 2 atom stereocenters. The topological polar surface area (TPSA) is 86.7 Å². The van der Waals surface area contributed by atoms with Gasteiger partial charge in [0.05, 0.1) is 0 Å². The van der Waals surface area contributed by atoms with Crippen LogP contribution in [0.5, 0.6) is 0 Å². The number of aliphatic carboxylic acids is 1. The second-order valence-corrected chi connectivity index (χ2v) is 6.69. The van der Waals surface area contributed by atoms with Gasteiger partial charge < -0.3 is 15.3 Å². The Balaban J connectivity index is 2.40. The number of hydrogen-bond donors (Lipinski definition) is 2. The molecule has 1 rings (SSSR count). The molecular weight excluding hydrogens is 268 g/mol. The number of nitrogens with one attached hydrogen (secondary N) is 1. The van der Waals surface area contributed by atoms with Crippen molar-refractivity contribution in [2.24, 2.45) is 5.92 Å². The summed E-state index contributed by atoms with van der Waals surface area (Å²) in [6.45, 7) is 2.07. The fraction of sp³-hybridized carbons (Fsp3) is 0.833. The van der Waals surface area contributed by atoms with Crippen molar-refractivity contribution in [2.45, 2.75) is 32.2 Å². The van der Waals surface area contributed by atoms with Gasteiger partial charge in [-0.2, -0.15) is 0 Å². The largest absolute Gasteiger partial charge is 0.480 e. The van der Waals surface area contributed by atoms with Gasteiger partial charge in [-0.1, -0.05) is 0 Å². The molecule has 1 aliphatic rings. The van der Waals surface area contributed by atoms with Crippen molar-refractivity contribution in [2.75, 3.05) is 25.1 Å². The fourth-order valence-electron chi connectivity index (χ4n) is 1.71. The molecule has 1 aliphatic carbocycles. The molecule has 7 heteroatoms. The number of urea groups is 1. The Morgan fingerprint density at radius 1 is 1.47 bits per heavy atom. The molecule has 0 radical (unpaired) electrons. The number of amides is 2. The molecule has 6 nitrogen and oxygen atoms in total. The second kappa shape index (κ2) is 7.47. The molecule has 2 unspecified atom stereocenters. The van der Waals surface area contributed by atoms with Gasteiger partial charge in [0.25, 0.3) is 0 Å². The van der Waals surface area contributed by atoms with Crippen molar-refractivity contribution in [3.8, 4) is 0 Å². The van der Waals surface area contributed by atoms with E-state index in [0.717, 1.165) is 12.8 Å². The summed E-state index contributed by atoms with van der Waals surface area (Å²) in [6, 6.07) is -0.449. The number of rotatable bonds is 8. The monoisotopic (exact) mass is 290 g/mol. The van der Waals surface area contributed by atoms with E-state index in [4.69, 9.17) is 5.11 Å². The number of hydrogen-bond acceptors (Lipinski definition) is 3. The third kappa shape index (κ3) is 7.15. The maximum Gasteiger partial charge on any atom is 0.323 e. The molecule has 1 fully saturated rings. The van der Waals surface area contributed by atoms with E-state index >= 15 is 0 Å². The Labute approximate surface area is 116 Å². The molecule has 2 N–H and O–H groups in total. The normalized spacial score (nSPS) is 17.6. The third-order valence-corrected chi connectivity index (χ3v) is 3.81. The third-order valence-electron chi connectivity index (χ3n) is 3.00. The SMILES string of the molecule is CC(CCS(C)=O)NC(=O)N(CC(=O)O)CC1CC1. The van der Waals surface area contributed by atoms with E-state index in [0.29, 0.717) is 24.6 Å². The van der Waals surface area contributed by atoms with E-state index in [-0.39, 0.29) is 18.6 Å². The van der Waals surface area contributed by atoms with Gasteiger partial charge in [0, 0.05) is 35.4 Å². The molecule has 0 aromatic carbocycles. The average Bonchev–Trinajstić information content (AvgIpc) is 3.08. The summed E-state index contributed by atoms with van der Waals surface area (Å²) in [5.41, 5.74) is 0. The smallest absolute Gasteiger partial charge is 0.323 e. The van der Waals surface area contributed by atoms with Crippen molar-refractivity contribution in [3.63, 3.8) is 0 Å². The van der Waals surface area contributed by atoms with Crippen LogP contribution in [0.15, 0.2) is 0 Å². The van der Waals surface area contributed by atoms with Gasteiger partial charge in [-0.25, -0.2) is 4.79 Å². The summed E-state index contributed by atoms with van der Waals surface area (Å²) in [5, 5.41) is 11.6. The maximum absolute atomic E-state index is 12.0. The first-order valence-corrected chi connectivity index (χ1v) is 8.18. The molecule has 0 aliphatic heterocycles. The summed E-state index contributed by atoms with van der Waals surface area (Å²) in [6.07, 6.45) is 4.37. The Hall–Kier alpha value is -1.11. The first-order chi connectivity index (χ1) is 8.88. The lowest BCUT2D eigenvalue weighted by molar-refractivity contribution is -0.137.